The molecule has 8 heteroatoms. The molecule has 1 fully saturated rings. The lowest BCUT2D eigenvalue weighted by Crippen LogP contribution is -2.41. The number of rotatable bonds is 5. The van der Waals surface area contributed by atoms with Crippen LogP contribution in [0.1, 0.15) is 23.2 Å². The predicted octanol–water partition coefficient (Wildman–Crippen LogP) is 3.75. The Hall–Kier alpha value is -3.45. The molecule has 158 valence electrons. The maximum Gasteiger partial charge on any atom is 0.250 e. The van der Waals surface area contributed by atoms with E-state index in [1.165, 1.54) is 0 Å². The third kappa shape index (κ3) is 4.83. The summed E-state index contributed by atoms with van der Waals surface area (Å²) in [7, 11) is 0. The van der Waals surface area contributed by atoms with E-state index < -0.39 is 5.91 Å². The van der Waals surface area contributed by atoms with Gasteiger partial charge in [-0.1, -0.05) is 35.9 Å². The van der Waals surface area contributed by atoms with Crippen molar-refractivity contribution in [1.82, 2.24) is 10.2 Å². The summed E-state index contributed by atoms with van der Waals surface area (Å²) in [6.07, 6.45) is 1.62. The fourth-order valence-corrected chi connectivity index (χ4v) is 3.84. The topological polar surface area (TPSA) is 101 Å². The highest BCUT2D eigenvalue weighted by Crippen LogP contribution is 2.25. The van der Waals surface area contributed by atoms with Gasteiger partial charge in [0, 0.05) is 23.7 Å². The Bertz CT molecular complexity index is 1090. The fraction of sp³-hybridized carbons (Fsp3) is 0.217. The zero-order chi connectivity index (χ0) is 21.8. The number of nitrogens with one attached hydrogen (secondary N) is 1. The number of halogens is 1. The van der Waals surface area contributed by atoms with E-state index in [4.69, 9.17) is 17.3 Å². The van der Waals surface area contributed by atoms with Crippen molar-refractivity contribution in [3.63, 3.8) is 0 Å². The number of hydrogen-bond donors (Lipinski definition) is 2. The molecule has 0 radical (unpaired) electrons. The monoisotopic (exact) mass is 435 g/mol. The van der Waals surface area contributed by atoms with Gasteiger partial charge in [-0.15, -0.1) is 10.2 Å². The molecule has 2 amide bonds. The van der Waals surface area contributed by atoms with Crippen LogP contribution in [0.25, 0.3) is 11.3 Å². The summed E-state index contributed by atoms with van der Waals surface area (Å²) < 4.78 is 0. The van der Waals surface area contributed by atoms with E-state index in [2.05, 4.69) is 20.4 Å². The quantitative estimate of drug-likeness (QED) is 0.635. The standard InChI is InChI=1S/C23H22ClN5O2/c24-17-9-7-15(8-10-17)19-11-12-21(28-27-19)29-13-3-4-16(14-29)23(31)26-20-6-2-1-5-18(20)22(25)30/h1-2,5-12,16H,3-4,13-14H2,(H2,25,30)(H,26,31). The minimum Gasteiger partial charge on any atom is -0.366 e. The molecule has 0 aliphatic carbocycles. The van der Waals surface area contributed by atoms with E-state index in [1.807, 2.05) is 36.4 Å². The van der Waals surface area contributed by atoms with Gasteiger partial charge in [-0.05, 0) is 49.2 Å². The van der Waals surface area contributed by atoms with Crippen LogP contribution in [-0.4, -0.2) is 35.1 Å². The van der Waals surface area contributed by atoms with Gasteiger partial charge in [-0.3, -0.25) is 9.59 Å². The Morgan fingerprint density at radius 1 is 1.03 bits per heavy atom. The minimum absolute atomic E-state index is 0.135. The number of amides is 2. The molecule has 1 unspecified atom stereocenters. The summed E-state index contributed by atoms with van der Waals surface area (Å²) >= 11 is 5.94. The molecular weight excluding hydrogens is 414 g/mol. The van der Waals surface area contributed by atoms with Gasteiger partial charge in [0.2, 0.25) is 5.91 Å². The highest BCUT2D eigenvalue weighted by molar-refractivity contribution is 6.30. The SMILES string of the molecule is NC(=O)c1ccccc1NC(=O)C1CCCN(c2ccc(-c3ccc(Cl)cc3)nn2)C1. The van der Waals surface area contributed by atoms with E-state index in [-0.39, 0.29) is 11.8 Å². The van der Waals surface area contributed by atoms with Gasteiger partial charge < -0.3 is 16.0 Å². The van der Waals surface area contributed by atoms with Crippen LogP contribution in [0.4, 0.5) is 11.5 Å². The highest BCUT2D eigenvalue weighted by Gasteiger charge is 2.27. The molecule has 1 aliphatic heterocycles. The second kappa shape index (κ2) is 9.14. The molecule has 31 heavy (non-hydrogen) atoms. The van der Waals surface area contributed by atoms with Crippen LogP contribution in [0.2, 0.25) is 5.02 Å². The Morgan fingerprint density at radius 2 is 1.81 bits per heavy atom. The molecule has 1 saturated heterocycles. The maximum atomic E-state index is 12.8. The molecule has 1 aromatic heterocycles. The molecular formula is C23H22ClN5O2. The molecule has 4 rings (SSSR count). The summed E-state index contributed by atoms with van der Waals surface area (Å²) in [4.78, 5) is 26.5. The Labute approximate surface area is 185 Å². The van der Waals surface area contributed by atoms with Crippen molar-refractivity contribution in [3.05, 3.63) is 71.2 Å². The van der Waals surface area contributed by atoms with Crippen molar-refractivity contribution in [1.29, 1.82) is 0 Å². The number of para-hydroxylation sites is 1. The number of nitrogens with zero attached hydrogens (tertiary/aromatic N) is 3. The number of aromatic nitrogens is 2. The number of piperidine rings is 1. The van der Waals surface area contributed by atoms with E-state index in [9.17, 15) is 9.59 Å². The van der Waals surface area contributed by atoms with Crippen molar-refractivity contribution in [2.45, 2.75) is 12.8 Å². The van der Waals surface area contributed by atoms with Crippen LogP contribution in [0.3, 0.4) is 0 Å². The Balaban J connectivity index is 1.44. The smallest absolute Gasteiger partial charge is 0.250 e. The average Bonchev–Trinajstić information content (AvgIpc) is 2.80. The molecule has 1 atom stereocenters. The highest BCUT2D eigenvalue weighted by atomic mass is 35.5. The van der Waals surface area contributed by atoms with Gasteiger partial charge in [-0.25, -0.2) is 0 Å². The van der Waals surface area contributed by atoms with Gasteiger partial charge in [0.25, 0.3) is 5.91 Å². The largest absolute Gasteiger partial charge is 0.366 e. The van der Waals surface area contributed by atoms with Gasteiger partial charge in [0.1, 0.15) is 0 Å². The molecule has 0 spiro atoms. The van der Waals surface area contributed by atoms with Crippen molar-refractivity contribution in [2.24, 2.45) is 11.7 Å². The van der Waals surface area contributed by atoms with Crippen molar-refractivity contribution in [2.75, 3.05) is 23.3 Å². The second-order valence-electron chi connectivity index (χ2n) is 7.47. The Morgan fingerprint density at radius 3 is 2.52 bits per heavy atom. The summed E-state index contributed by atoms with van der Waals surface area (Å²) in [5, 5.41) is 12.2. The number of primary amides is 1. The number of carbonyl (C=O) groups is 2. The minimum atomic E-state index is -0.572. The van der Waals surface area contributed by atoms with Gasteiger partial charge >= 0.3 is 0 Å². The first-order valence-corrected chi connectivity index (χ1v) is 10.4. The molecule has 1 aliphatic rings. The Kier molecular flexibility index (Phi) is 6.13. The third-order valence-electron chi connectivity index (χ3n) is 5.36. The zero-order valence-corrected chi connectivity index (χ0v) is 17.5. The number of hydrogen-bond acceptors (Lipinski definition) is 5. The normalized spacial score (nSPS) is 16.0. The molecule has 7 nitrogen and oxygen atoms in total. The van der Waals surface area contributed by atoms with Crippen molar-refractivity contribution >= 4 is 34.9 Å². The van der Waals surface area contributed by atoms with E-state index in [1.54, 1.807) is 24.3 Å². The van der Waals surface area contributed by atoms with E-state index in [0.29, 0.717) is 22.8 Å². The lowest BCUT2D eigenvalue weighted by molar-refractivity contribution is -0.120. The van der Waals surface area contributed by atoms with Crippen LogP contribution in [-0.2, 0) is 4.79 Å². The van der Waals surface area contributed by atoms with E-state index in [0.717, 1.165) is 36.5 Å². The number of carbonyl (C=O) groups excluding carboxylic acids is 2. The third-order valence-corrected chi connectivity index (χ3v) is 5.61. The first-order valence-electron chi connectivity index (χ1n) is 10.1. The summed E-state index contributed by atoms with van der Waals surface area (Å²) in [5.74, 6) is -0.207. The van der Waals surface area contributed by atoms with Crippen LogP contribution in [0, 0.1) is 5.92 Å². The number of nitrogens with two attached hydrogens (primary N) is 1. The molecule has 3 aromatic rings. The van der Waals surface area contributed by atoms with Gasteiger partial charge in [0.15, 0.2) is 5.82 Å². The fourth-order valence-electron chi connectivity index (χ4n) is 3.71. The molecule has 3 N–H and O–H groups in total. The van der Waals surface area contributed by atoms with Crippen LogP contribution in [0.15, 0.2) is 60.7 Å². The van der Waals surface area contributed by atoms with Gasteiger partial charge in [-0.2, -0.15) is 0 Å². The van der Waals surface area contributed by atoms with Gasteiger partial charge in [0.05, 0.1) is 22.9 Å². The van der Waals surface area contributed by atoms with Crippen molar-refractivity contribution in [3.8, 4) is 11.3 Å². The summed E-state index contributed by atoms with van der Waals surface area (Å²) in [5.41, 5.74) is 7.84. The van der Waals surface area contributed by atoms with Crippen LogP contribution >= 0.6 is 11.6 Å². The first-order chi connectivity index (χ1) is 15.0. The van der Waals surface area contributed by atoms with Crippen LogP contribution < -0.4 is 16.0 Å². The zero-order valence-electron chi connectivity index (χ0n) is 16.8. The summed E-state index contributed by atoms with van der Waals surface area (Å²) in [6, 6.07) is 18.0. The van der Waals surface area contributed by atoms with Crippen molar-refractivity contribution < 1.29 is 9.59 Å². The predicted molar refractivity (Wildman–Crippen MR) is 121 cm³/mol. The molecule has 2 heterocycles. The maximum absolute atomic E-state index is 12.8. The van der Waals surface area contributed by atoms with Crippen LogP contribution in [0.5, 0.6) is 0 Å². The number of benzene rings is 2. The van der Waals surface area contributed by atoms with E-state index >= 15 is 0 Å². The molecule has 2 aromatic carbocycles. The molecule has 0 saturated carbocycles. The lowest BCUT2D eigenvalue weighted by Gasteiger charge is -2.32. The summed E-state index contributed by atoms with van der Waals surface area (Å²) in [6.45, 7) is 1.33. The number of anilines is 2. The lowest BCUT2D eigenvalue weighted by atomic mass is 9.96. The molecule has 0 bridgehead atoms. The average molecular weight is 436 g/mol. The first kappa shape index (κ1) is 20.8. The second-order valence-corrected chi connectivity index (χ2v) is 7.90.